The summed E-state index contributed by atoms with van der Waals surface area (Å²) in [4.78, 5) is 30.6. The summed E-state index contributed by atoms with van der Waals surface area (Å²) in [6.45, 7) is 4.06. The highest BCUT2D eigenvalue weighted by Gasteiger charge is 2.44. The molecule has 1 aliphatic heterocycles. The number of carbonyl (C=O) groups excluding carboxylic acids is 1. The fraction of sp³-hybridized carbons (Fsp3) is 0.227. The molecular weight excluding hydrogens is 442 g/mol. The number of nitrogens with one attached hydrogen (secondary N) is 1. The van der Waals surface area contributed by atoms with Crippen LogP contribution < -0.4 is 10.9 Å². The Hall–Kier alpha value is -2.90. The molecule has 0 spiro atoms. The molecule has 1 atom stereocenters. The molecule has 9 heteroatoms. The first kappa shape index (κ1) is 21.3. The molecule has 0 unspecified atom stereocenters. The number of fused-ring (bicyclic) bond motifs is 1. The third-order valence-electron chi connectivity index (χ3n) is 5.58. The molecule has 4 rings (SSSR count). The Bertz CT molecular complexity index is 1280. The molecule has 31 heavy (non-hydrogen) atoms. The Balaban J connectivity index is 1.85. The Morgan fingerprint density at radius 1 is 1.32 bits per heavy atom. The van der Waals surface area contributed by atoms with Gasteiger partial charge < -0.3 is 14.8 Å². The van der Waals surface area contributed by atoms with Gasteiger partial charge in [0.15, 0.2) is 0 Å². The number of aryl methyl sites for hydroxylation is 1. The number of amides is 1. The van der Waals surface area contributed by atoms with E-state index in [0.29, 0.717) is 29.6 Å². The maximum Gasteiger partial charge on any atom is 0.260 e. The van der Waals surface area contributed by atoms with Gasteiger partial charge in [-0.25, -0.2) is 9.37 Å². The summed E-state index contributed by atoms with van der Waals surface area (Å²) in [5.41, 5.74) is 0.0431. The van der Waals surface area contributed by atoms with Gasteiger partial charge in [0.1, 0.15) is 5.82 Å². The van der Waals surface area contributed by atoms with E-state index in [1.54, 1.807) is 30.1 Å². The maximum absolute atomic E-state index is 15.0. The van der Waals surface area contributed by atoms with Gasteiger partial charge in [0.05, 0.1) is 32.8 Å². The van der Waals surface area contributed by atoms with Crippen molar-refractivity contribution >= 4 is 45.7 Å². The van der Waals surface area contributed by atoms with E-state index < -0.39 is 11.4 Å². The first-order chi connectivity index (χ1) is 14.8. The Morgan fingerprint density at radius 3 is 2.84 bits per heavy atom. The van der Waals surface area contributed by atoms with E-state index in [4.69, 9.17) is 23.2 Å². The number of benzene rings is 2. The molecule has 2 aromatic carbocycles. The second-order valence-corrected chi connectivity index (χ2v) is 8.32. The monoisotopic (exact) mass is 460 g/mol. The highest BCUT2D eigenvalue weighted by atomic mass is 35.5. The lowest BCUT2D eigenvalue weighted by atomic mass is 9.87. The lowest BCUT2D eigenvalue weighted by Crippen LogP contribution is -2.41. The number of hydrogen-bond acceptors (Lipinski definition) is 4. The number of aromatic nitrogens is 2. The molecule has 0 bridgehead atoms. The molecule has 2 heterocycles. The van der Waals surface area contributed by atoms with Crippen LogP contribution in [0.4, 0.5) is 10.1 Å². The third-order valence-corrected chi connectivity index (χ3v) is 6.38. The lowest BCUT2D eigenvalue weighted by Gasteiger charge is -2.33. The highest BCUT2D eigenvalue weighted by molar-refractivity contribution is 6.42. The molecule has 1 amide bonds. The molecule has 0 radical (unpaired) electrons. The van der Waals surface area contributed by atoms with E-state index in [1.807, 2.05) is 0 Å². The quantitative estimate of drug-likeness (QED) is 0.469. The lowest BCUT2D eigenvalue weighted by molar-refractivity contribution is -0.125. The van der Waals surface area contributed by atoms with Crippen LogP contribution in [0.3, 0.4) is 0 Å². The van der Waals surface area contributed by atoms with Crippen molar-refractivity contribution in [1.82, 2.24) is 14.5 Å². The van der Waals surface area contributed by atoms with Crippen molar-refractivity contribution in [2.45, 2.75) is 12.0 Å². The minimum Gasteiger partial charge on any atom is -0.374 e. The second-order valence-electron chi connectivity index (χ2n) is 7.53. The van der Waals surface area contributed by atoms with Gasteiger partial charge in [-0.2, -0.15) is 0 Å². The molecule has 0 aliphatic carbocycles. The third kappa shape index (κ3) is 3.68. The molecule has 1 N–H and O–H groups in total. The summed E-state index contributed by atoms with van der Waals surface area (Å²) in [5, 5.41) is 4.05. The van der Waals surface area contributed by atoms with E-state index in [0.717, 1.165) is 0 Å². The number of hydrogen-bond donors (Lipinski definition) is 1. The van der Waals surface area contributed by atoms with Crippen molar-refractivity contribution in [3.63, 3.8) is 0 Å². The van der Waals surface area contributed by atoms with E-state index in [-0.39, 0.29) is 33.6 Å². The summed E-state index contributed by atoms with van der Waals surface area (Å²) in [6, 6.07) is 7.78. The van der Waals surface area contributed by atoms with Crippen LogP contribution in [-0.2, 0) is 17.4 Å². The molecule has 1 saturated heterocycles. The number of halogens is 3. The Morgan fingerprint density at radius 2 is 2.10 bits per heavy atom. The van der Waals surface area contributed by atoms with Crippen molar-refractivity contribution in [3.8, 4) is 0 Å². The van der Waals surface area contributed by atoms with Gasteiger partial charge in [-0.1, -0.05) is 29.8 Å². The van der Waals surface area contributed by atoms with E-state index in [1.165, 1.54) is 29.1 Å². The van der Waals surface area contributed by atoms with E-state index >= 15 is 4.39 Å². The van der Waals surface area contributed by atoms with Gasteiger partial charge in [0, 0.05) is 31.4 Å². The molecule has 3 aromatic rings. The molecule has 1 aliphatic rings. The number of carbonyl (C=O) groups is 1. The van der Waals surface area contributed by atoms with E-state index in [9.17, 15) is 9.59 Å². The summed E-state index contributed by atoms with van der Waals surface area (Å²) >= 11 is 12.6. The maximum atomic E-state index is 15.0. The van der Waals surface area contributed by atoms with Crippen molar-refractivity contribution in [3.05, 3.63) is 81.1 Å². The summed E-state index contributed by atoms with van der Waals surface area (Å²) in [7, 11) is 1.62. The number of anilines is 1. The summed E-state index contributed by atoms with van der Waals surface area (Å²) in [5.74, 6) is -0.799. The molecular formula is C22H19Cl2FN4O2. The standard InChI is InChI=1S/C22H19Cl2FN4O2/c1-3-18(30)29-9-8-22(11-29,19-16(25)6-5-15(23)20(19)24)27-13-4-7-17-14(10-13)21(31)28(2)12-26-17/h3-7,10,12,27H,1,8-9,11H2,2H3/t22-/m0/s1. The minimum absolute atomic E-state index is 0.0837. The minimum atomic E-state index is -1.05. The zero-order chi connectivity index (χ0) is 22.3. The van der Waals surface area contributed by atoms with Gasteiger partial charge in [0.2, 0.25) is 5.91 Å². The van der Waals surface area contributed by atoms with Gasteiger partial charge >= 0.3 is 0 Å². The van der Waals surface area contributed by atoms with Crippen LogP contribution in [0.15, 0.2) is 54.1 Å². The smallest absolute Gasteiger partial charge is 0.260 e. The predicted octanol–water partition coefficient (Wildman–Crippen LogP) is 4.11. The fourth-order valence-corrected chi connectivity index (χ4v) is 4.52. The summed E-state index contributed by atoms with van der Waals surface area (Å²) < 4.78 is 16.4. The first-order valence-electron chi connectivity index (χ1n) is 9.54. The Kier molecular flexibility index (Phi) is 5.49. The van der Waals surface area contributed by atoms with Crippen LogP contribution in [0.2, 0.25) is 10.0 Å². The molecule has 1 aromatic heterocycles. The van der Waals surface area contributed by atoms with Crippen molar-refractivity contribution in [1.29, 1.82) is 0 Å². The van der Waals surface area contributed by atoms with Crippen LogP contribution in [0.5, 0.6) is 0 Å². The average Bonchev–Trinajstić information content (AvgIpc) is 3.18. The average molecular weight is 461 g/mol. The van der Waals surface area contributed by atoms with Gasteiger partial charge in [-0.15, -0.1) is 0 Å². The van der Waals surface area contributed by atoms with E-state index in [2.05, 4.69) is 16.9 Å². The highest BCUT2D eigenvalue weighted by Crippen LogP contribution is 2.43. The van der Waals surface area contributed by atoms with Gasteiger partial charge in [0.25, 0.3) is 5.56 Å². The van der Waals surface area contributed by atoms with Gasteiger partial charge in [-0.3, -0.25) is 9.59 Å². The fourth-order valence-electron chi connectivity index (χ4n) is 4.03. The zero-order valence-corrected chi connectivity index (χ0v) is 18.2. The Labute approximate surface area is 187 Å². The largest absolute Gasteiger partial charge is 0.374 e. The van der Waals surface area contributed by atoms with Crippen LogP contribution in [-0.4, -0.2) is 33.4 Å². The number of nitrogens with zero attached hydrogens (tertiary/aromatic N) is 3. The van der Waals surface area contributed by atoms with Crippen LogP contribution >= 0.6 is 23.2 Å². The zero-order valence-electron chi connectivity index (χ0n) is 16.7. The molecule has 160 valence electrons. The normalized spacial score (nSPS) is 18.4. The molecule has 6 nitrogen and oxygen atoms in total. The SMILES string of the molecule is C=CC(=O)N1CC[C@@](Nc2ccc3ncn(C)c(=O)c3c2)(c2c(F)ccc(Cl)c2Cl)C1. The van der Waals surface area contributed by atoms with Crippen molar-refractivity contribution < 1.29 is 9.18 Å². The molecule has 0 saturated carbocycles. The van der Waals surface area contributed by atoms with Crippen LogP contribution in [0, 0.1) is 5.82 Å². The number of likely N-dealkylation sites (tertiary alicyclic amines) is 1. The van der Waals surface area contributed by atoms with Gasteiger partial charge in [-0.05, 0) is 42.8 Å². The predicted molar refractivity (Wildman–Crippen MR) is 120 cm³/mol. The van der Waals surface area contributed by atoms with Crippen LogP contribution in [0.1, 0.15) is 12.0 Å². The summed E-state index contributed by atoms with van der Waals surface area (Å²) in [6.07, 6.45) is 3.06. The van der Waals surface area contributed by atoms with Crippen LogP contribution in [0.25, 0.3) is 10.9 Å². The topological polar surface area (TPSA) is 67.2 Å². The number of rotatable bonds is 4. The van der Waals surface area contributed by atoms with Crippen molar-refractivity contribution in [2.24, 2.45) is 7.05 Å². The van der Waals surface area contributed by atoms with Crippen molar-refractivity contribution in [2.75, 3.05) is 18.4 Å². The second kappa shape index (κ2) is 7.98. The first-order valence-corrected chi connectivity index (χ1v) is 10.3. The molecule has 1 fully saturated rings.